The number of ether oxygens (including phenoxy) is 1. The van der Waals surface area contributed by atoms with Crippen molar-refractivity contribution in [2.24, 2.45) is 0 Å². The van der Waals surface area contributed by atoms with Crippen LogP contribution in [-0.4, -0.2) is 21.3 Å². The minimum absolute atomic E-state index is 0.0476. The maximum Gasteiger partial charge on any atom is 0.343 e. The SMILES string of the molecule is CCC=COC(=O)c1cc(O)c(O)c(O)c1. The van der Waals surface area contributed by atoms with E-state index < -0.39 is 23.2 Å². The van der Waals surface area contributed by atoms with Crippen LogP contribution in [0.5, 0.6) is 17.2 Å². The van der Waals surface area contributed by atoms with Crippen LogP contribution in [0.1, 0.15) is 23.7 Å². The first-order valence-corrected chi connectivity index (χ1v) is 4.67. The van der Waals surface area contributed by atoms with Gasteiger partial charge in [-0.25, -0.2) is 4.79 Å². The van der Waals surface area contributed by atoms with Crippen molar-refractivity contribution in [3.63, 3.8) is 0 Å². The maximum absolute atomic E-state index is 11.4. The lowest BCUT2D eigenvalue weighted by atomic mass is 10.2. The monoisotopic (exact) mass is 224 g/mol. The van der Waals surface area contributed by atoms with E-state index in [0.717, 1.165) is 18.6 Å². The van der Waals surface area contributed by atoms with Crippen LogP contribution in [0.4, 0.5) is 0 Å². The summed E-state index contributed by atoms with van der Waals surface area (Å²) in [6, 6.07) is 2.02. The van der Waals surface area contributed by atoms with Crippen LogP contribution in [0.2, 0.25) is 0 Å². The van der Waals surface area contributed by atoms with E-state index in [4.69, 9.17) is 20.1 Å². The van der Waals surface area contributed by atoms with Gasteiger partial charge in [-0.1, -0.05) is 6.92 Å². The van der Waals surface area contributed by atoms with Gasteiger partial charge in [-0.15, -0.1) is 0 Å². The van der Waals surface area contributed by atoms with Crippen molar-refractivity contribution in [1.29, 1.82) is 0 Å². The number of phenolic OH excluding ortho intramolecular Hbond substituents is 3. The van der Waals surface area contributed by atoms with Gasteiger partial charge in [-0.2, -0.15) is 0 Å². The zero-order valence-corrected chi connectivity index (χ0v) is 8.67. The fourth-order valence-electron chi connectivity index (χ4n) is 0.996. The molecule has 1 rings (SSSR count). The number of hydrogen-bond donors (Lipinski definition) is 3. The minimum Gasteiger partial charge on any atom is -0.504 e. The molecule has 5 nitrogen and oxygen atoms in total. The Morgan fingerprint density at radius 3 is 2.38 bits per heavy atom. The van der Waals surface area contributed by atoms with Gasteiger partial charge in [0.1, 0.15) is 0 Å². The lowest BCUT2D eigenvalue weighted by Crippen LogP contribution is -2.00. The molecule has 5 heteroatoms. The first-order valence-electron chi connectivity index (χ1n) is 4.67. The summed E-state index contributed by atoms with van der Waals surface area (Å²) in [4.78, 5) is 11.4. The number of phenols is 3. The molecule has 0 bridgehead atoms. The smallest absolute Gasteiger partial charge is 0.343 e. The molecule has 86 valence electrons. The van der Waals surface area contributed by atoms with Crippen LogP contribution in [0.3, 0.4) is 0 Å². The van der Waals surface area contributed by atoms with Crippen molar-refractivity contribution in [2.45, 2.75) is 13.3 Å². The van der Waals surface area contributed by atoms with Crippen molar-refractivity contribution in [3.05, 3.63) is 30.0 Å². The van der Waals surface area contributed by atoms with Crippen molar-refractivity contribution in [3.8, 4) is 17.2 Å². The third-order valence-electron chi connectivity index (χ3n) is 1.81. The van der Waals surface area contributed by atoms with Crippen LogP contribution in [0.15, 0.2) is 24.5 Å². The second-order valence-corrected chi connectivity index (χ2v) is 3.05. The molecule has 1 aromatic rings. The lowest BCUT2D eigenvalue weighted by Gasteiger charge is -2.04. The summed E-state index contributed by atoms with van der Waals surface area (Å²) in [6.45, 7) is 1.88. The van der Waals surface area contributed by atoms with Gasteiger partial charge in [0.25, 0.3) is 0 Å². The molecule has 0 heterocycles. The highest BCUT2D eigenvalue weighted by Crippen LogP contribution is 2.35. The van der Waals surface area contributed by atoms with Gasteiger partial charge in [0.05, 0.1) is 11.8 Å². The van der Waals surface area contributed by atoms with E-state index in [1.165, 1.54) is 6.26 Å². The van der Waals surface area contributed by atoms with Crippen molar-refractivity contribution >= 4 is 5.97 Å². The van der Waals surface area contributed by atoms with E-state index in [-0.39, 0.29) is 5.56 Å². The summed E-state index contributed by atoms with van der Waals surface area (Å²) >= 11 is 0. The molecule has 0 radical (unpaired) electrons. The van der Waals surface area contributed by atoms with Crippen LogP contribution in [0.25, 0.3) is 0 Å². The van der Waals surface area contributed by atoms with Crippen LogP contribution >= 0.6 is 0 Å². The van der Waals surface area contributed by atoms with Crippen LogP contribution in [0, 0.1) is 0 Å². The normalized spacial score (nSPS) is 10.6. The molecule has 0 aliphatic carbocycles. The summed E-state index contributed by atoms with van der Waals surface area (Å²) < 4.78 is 4.69. The van der Waals surface area contributed by atoms with Gasteiger partial charge >= 0.3 is 5.97 Å². The average Bonchev–Trinajstić information content (AvgIpc) is 2.25. The molecule has 0 atom stereocenters. The second kappa shape index (κ2) is 5.06. The van der Waals surface area contributed by atoms with Crippen molar-refractivity contribution in [1.82, 2.24) is 0 Å². The molecule has 0 spiro atoms. The predicted octanol–water partition coefficient (Wildman–Crippen LogP) is 1.88. The third kappa shape index (κ3) is 2.66. The van der Waals surface area contributed by atoms with E-state index in [1.807, 2.05) is 6.92 Å². The fraction of sp³-hybridized carbons (Fsp3) is 0.182. The number of hydrogen-bond acceptors (Lipinski definition) is 5. The van der Waals surface area contributed by atoms with Gasteiger partial charge in [0.2, 0.25) is 0 Å². The number of allylic oxidation sites excluding steroid dienone is 1. The molecule has 1 aromatic carbocycles. The average molecular weight is 224 g/mol. The molecule has 0 aliphatic rings. The summed E-state index contributed by atoms with van der Waals surface area (Å²) in [5, 5.41) is 27.4. The topological polar surface area (TPSA) is 87.0 Å². The summed E-state index contributed by atoms with van der Waals surface area (Å²) in [7, 11) is 0. The Bertz CT molecular complexity index is 399. The highest BCUT2D eigenvalue weighted by molar-refractivity contribution is 5.91. The summed E-state index contributed by atoms with van der Waals surface area (Å²) in [5.74, 6) is -2.55. The molecule has 0 fully saturated rings. The molecule has 0 unspecified atom stereocenters. The number of esters is 1. The highest BCUT2D eigenvalue weighted by Gasteiger charge is 2.13. The summed E-state index contributed by atoms with van der Waals surface area (Å²) in [5.41, 5.74) is -0.0476. The van der Waals surface area contributed by atoms with Gasteiger partial charge in [-0.05, 0) is 24.6 Å². The third-order valence-corrected chi connectivity index (χ3v) is 1.81. The first-order chi connectivity index (χ1) is 7.56. The number of carbonyl (C=O) groups excluding carboxylic acids is 1. The number of aromatic hydroxyl groups is 3. The largest absolute Gasteiger partial charge is 0.504 e. The molecule has 16 heavy (non-hydrogen) atoms. The quantitative estimate of drug-likeness (QED) is 0.414. The van der Waals surface area contributed by atoms with Crippen LogP contribution < -0.4 is 0 Å². The highest BCUT2D eigenvalue weighted by atomic mass is 16.5. The molecule has 0 saturated heterocycles. The number of benzene rings is 1. The van der Waals surface area contributed by atoms with Crippen molar-refractivity contribution in [2.75, 3.05) is 0 Å². The molecule has 0 aliphatic heterocycles. The van der Waals surface area contributed by atoms with Gasteiger partial charge in [-0.3, -0.25) is 0 Å². The molecule has 0 aromatic heterocycles. The van der Waals surface area contributed by atoms with Crippen molar-refractivity contribution < 1.29 is 24.9 Å². The zero-order valence-electron chi connectivity index (χ0n) is 8.67. The van der Waals surface area contributed by atoms with E-state index >= 15 is 0 Å². The van der Waals surface area contributed by atoms with E-state index in [0.29, 0.717) is 0 Å². The Labute approximate surface area is 92.2 Å². The minimum atomic E-state index is -0.727. The zero-order chi connectivity index (χ0) is 12.1. The van der Waals surface area contributed by atoms with E-state index in [1.54, 1.807) is 6.08 Å². The Balaban J connectivity index is 2.88. The molecular formula is C11H12O5. The van der Waals surface area contributed by atoms with Gasteiger partial charge in [0, 0.05) is 0 Å². The Hall–Kier alpha value is -2.17. The molecule has 0 saturated carbocycles. The molecule has 0 amide bonds. The molecular weight excluding hydrogens is 212 g/mol. The summed E-state index contributed by atoms with van der Waals surface area (Å²) in [6.07, 6.45) is 3.58. The Morgan fingerprint density at radius 1 is 1.31 bits per heavy atom. The lowest BCUT2D eigenvalue weighted by molar-refractivity contribution is 0.0661. The molecule has 3 N–H and O–H groups in total. The number of carbonyl (C=O) groups is 1. The fourth-order valence-corrected chi connectivity index (χ4v) is 0.996. The van der Waals surface area contributed by atoms with E-state index in [2.05, 4.69) is 0 Å². The van der Waals surface area contributed by atoms with Crippen LogP contribution in [-0.2, 0) is 4.74 Å². The van der Waals surface area contributed by atoms with Gasteiger partial charge in [0.15, 0.2) is 17.2 Å². The number of rotatable bonds is 3. The maximum atomic E-state index is 11.4. The predicted molar refractivity (Wildman–Crippen MR) is 56.3 cm³/mol. The standard InChI is InChI=1S/C11H12O5/c1-2-3-4-16-11(15)7-5-8(12)10(14)9(13)6-7/h3-6,12-14H,2H2,1H3. The Kier molecular flexibility index (Phi) is 3.77. The second-order valence-electron chi connectivity index (χ2n) is 3.05. The Morgan fingerprint density at radius 2 is 1.88 bits per heavy atom. The first kappa shape index (κ1) is 11.9. The van der Waals surface area contributed by atoms with E-state index in [9.17, 15) is 4.79 Å². The van der Waals surface area contributed by atoms with Gasteiger partial charge < -0.3 is 20.1 Å².